The summed E-state index contributed by atoms with van der Waals surface area (Å²) in [5, 5.41) is 3.13. The Bertz CT molecular complexity index is 803. The molecule has 1 fully saturated rings. The van der Waals surface area contributed by atoms with Crippen LogP contribution < -0.4 is 5.32 Å². The van der Waals surface area contributed by atoms with Crippen molar-refractivity contribution in [1.29, 1.82) is 0 Å². The lowest BCUT2D eigenvalue weighted by molar-refractivity contribution is -0.134. The molecule has 3 rings (SSSR count). The summed E-state index contributed by atoms with van der Waals surface area (Å²) in [5.74, 6) is 0.0425. The molecule has 1 N–H and O–H groups in total. The number of hydrogen-bond acceptors (Lipinski definition) is 2. The van der Waals surface area contributed by atoms with Gasteiger partial charge in [0.05, 0.1) is 12.0 Å². The van der Waals surface area contributed by atoms with E-state index >= 15 is 0 Å². The van der Waals surface area contributed by atoms with Crippen molar-refractivity contribution in [2.75, 3.05) is 13.1 Å². The number of nitrogens with one attached hydrogen (secondary N) is 1. The molecule has 1 aliphatic rings. The topological polar surface area (TPSA) is 49.4 Å². The van der Waals surface area contributed by atoms with Gasteiger partial charge in [0, 0.05) is 25.9 Å². The molecule has 1 saturated heterocycles. The second-order valence-electron chi connectivity index (χ2n) is 7.61. The molecule has 0 bridgehead atoms. The van der Waals surface area contributed by atoms with Crippen LogP contribution in [-0.2, 0) is 9.59 Å². The lowest BCUT2D eigenvalue weighted by Crippen LogP contribution is -2.47. The van der Waals surface area contributed by atoms with Crippen LogP contribution in [0.2, 0.25) is 0 Å². The number of likely N-dealkylation sites (tertiary alicyclic amines) is 1. The predicted octanol–water partition coefficient (Wildman–Crippen LogP) is 3.82. The Morgan fingerprint density at radius 2 is 1.81 bits per heavy atom. The number of benzene rings is 2. The number of piperidine rings is 1. The Morgan fingerprint density at radius 3 is 2.48 bits per heavy atom. The van der Waals surface area contributed by atoms with Gasteiger partial charge < -0.3 is 10.2 Å². The molecule has 0 radical (unpaired) electrons. The standard InChI is InChI=1S/C23H28N2O2/c1-16-8-7-11-20(12-16)21-13-22(15-25(14-21)18(3)26)23(27)24-17(2)19-9-5-4-6-10-19/h4-12,17,21-22H,13-15H2,1-3H3,(H,24,27)/t17-,21+,22-/m1/s1. The zero-order chi connectivity index (χ0) is 19.4. The van der Waals surface area contributed by atoms with Gasteiger partial charge in [0.1, 0.15) is 0 Å². The van der Waals surface area contributed by atoms with Gasteiger partial charge >= 0.3 is 0 Å². The van der Waals surface area contributed by atoms with Crippen molar-refractivity contribution in [3.05, 3.63) is 71.3 Å². The van der Waals surface area contributed by atoms with Crippen molar-refractivity contribution >= 4 is 11.8 Å². The van der Waals surface area contributed by atoms with Crippen molar-refractivity contribution in [3.63, 3.8) is 0 Å². The van der Waals surface area contributed by atoms with E-state index in [1.807, 2.05) is 48.2 Å². The van der Waals surface area contributed by atoms with Crippen LogP contribution in [0.5, 0.6) is 0 Å². The normalized spacial score (nSPS) is 20.8. The quantitative estimate of drug-likeness (QED) is 0.896. The minimum atomic E-state index is -0.195. The van der Waals surface area contributed by atoms with Crippen molar-refractivity contribution < 1.29 is 9.59 Å². The van der Waals surface area contributed by atoms with Crippen LogP contribution in [0, 0.1) is 12.8 Å². The largest absolute Gasteiger partial charge is 0.349 e. The number of carbonyl (C=O) groups excluding carboxylic acids is 2. The van der Waals surface area contributed by atoms with Crippen LogP contribution in [0.1, 0.15) is 48.9 Å². The Balaban J connectivity index is 1.74. The molecule has 1 heterocycles. The van der Waals surface area contributed by atoms with Gasteiger partial charge in [-0.1, -0.05) is 60.2 Å². The zero-order valence-corrected chi connectivity index (χ0v) is 16.3. The number of hydrogen-bond donors (Lipinski definition) is 1. The van der Waals surface area contributed by atoms with Crippen LogP contribution in [0.15, 0.2) is 54.6 Å². The maximum Gasteiger partial charge on any atom is 0.225 e. The van der Waals surface area contributed by atoms with E-state index in [-0.39, 0.29) is 29.7 Å². The molecule has 2 aromatic carbocycles. The van der Waals surface area contributed by atoms with Gasteiger partial charge in [-0.25, -0.2) is 0 Å². The number of amides is 2. The first kappa shape index (κ1) is 19.2. The smallest absolute Gasteiger partial charge is 0.225 e. The fourth-order valence-corrected chi connectivity index (χ4v) is 3.87. The molecular weight excluding hydrogens is 336 g/mol. The summed E-state index contributed by atoms with van der Waals surface area (Å²) >= 11 is 0. The molecule has 27 heavy (non-hydrogen) atoms. The Hall–Kier alpha value is -2.62. The third kappa shape index (κ3) is 4.76. The minimum Gasteiger partial charge on any atom is -0.349 e. The van der Waals surface area contributed by atoms with Crippen molar-refractivity contribution in [1.82, 2.24) is 10.2 Å². The molecule has 4 heteroatoms. The third-order valence-electron chi connectivity index (χ3n) is 5.44. The summed E-state index contributed by atoms with van der Waals surface area (Å²) < 4.78 is 0. The molecule has 0 spiro atoms. The summed E-state index contributed by atoms with van der Waals surface area (Å²) in [6.45, 7) is 6.82. The lowest BCUT2D eigenvalue weighted by atomic mass is 9.83. The molecule has 3 atom stereocenters. The van der Waals surface area contributed by atoms with E-state index in [0.717, 1.165) is 12.0 Å². The first-order valence-corrected chi connectivity index (χ1v) is 9.61. The molecular formula is C23H28N2O2. The molecule has 2 amide bonds. The average molecular weight is 364 g/mol. The van der Waals surface area contributed by atoms with Gasteiger partial charge in [-0.15, -0.1) is 0 Å². The molecule has 0 unspecified atom stereocenters. The van der Waals surface area contributed by atoms with Gasteiger partial charge in [0.15, 0.2) is 0 Å². The number of rotatable bonds is 4. The summed E-state index contributed by atoms with van der Waals surface area (Å²) in [7, 11) is 0. The molecule has 0 aromatic heterocycles. The second kappa shape index (κ2) is 8.38. The van der Waals surface area contributed by atoms with E-state index < -0.39 is 0 Å². The van der Waals surface area contributed by atoms with Crippen LogP contribution in [0.4, 0.5) is 0 Å². The summed E-state index contributed by atoms with van der Waals surface area (Å²) in [5.41, 5.74) is 3.49. The van der Waals surface area contributed by atoms with Crippen molar-refractivity contribution in [2.24, 2.45) is 5.92 Å². The van der Waals surface area contributed by atoms with Gasteiger partial charge in [-0.2, -0.15) is 0 Å². The molecule has 2 aromatic rings. The molecule has 0 saturated carbocycles. The first-order chi connectivity index (χ1) is 12.9. The van der Waals surface area contributed by atoms with Crippen LogP contribution in [0.3, 0.4) is 0 Å². The summed E-state index contributed by atoms with van der Waals surface area (Å²) in [4.78, 5) is 26.8. The highest BCUT2D eigenvalue weighted by Gasteiger charge is 2.34. The molecule has 0 aliphatic carbocycles. The minimum absolute atomic E-state index is 0.0231. The van der Waals surface area contributed by atoms with E-state index in [0.29, 0.717) is 13.1 Å². The van der Waals surface area contributed by atoms with E-state index in [1.54, 1.807) is 6.92 Å². The van der Waals surface area contributed by atoms with E-state index in [2.05, 4.69) is 30.4 Å². The number of nitrogens with zero attached hydrogens (tertiary/aromatic N) is 1. The Morgan fingerprint density at radius 1 is 1.07 bits per heavy atom. The fraction of sp³-hybridized carbons (Fsp3) is 0.391. The fourth-order valence-electron chi connectivity index (χ4n) is 3.87. The average Bonchev–Trinajstić information content (AvgIpc) is 2.68. The van der Waals surface area contributed by atoms with Crippen LogP contribution >= 0.6 is 0 Å². The highest BCUT2D eigenvalue weighted by Crippen LogP contribution is 2.31. The highest BCUT2D eigenvalue weighted by molar-refractivity contribution is 5.81. The highest BCUT2D eigenvalue weighted by atomic mass is 16.2. The van der Waals surface area contributed by atoms with Gasteiger partial charge in [-0.05, 0) is 31.4 Å². The zero-order valence-electron chi connectivity index (χ0n) is 16.3. The molecule has 4 nitrogen and oxygen atoms in total. The van der Waals surface area contributed by atoms with E-state index in [1.165, 1.54) is 11.1 Å². The summed E-state index contributed by atoms with van der Waals surface area (Å²) in [6.07, 6.45) is 0.764. The molecule has 142 valence electrons. The predicted molar refractivity (Wildman–Crippen MR) is 107 cm³/mol. The monoisotopic (exact) mass is 364 g/mol. The second-order valence-corrected chi connectivity index (χ2v) is 7.61. The van der Waals surface area contributed by atoms with Crippen molar-refractivity contribution in [2.45, 2.75) is 39.2 Å². The lowest BCUT2D eigenvalue weighted by Gasteiger charge is -2.37. The number of carbonyl (C=O) groups is 2. The maximum absolute atomic E-state index is 12.9. The van der Waals surface area contributed by atoms with E-state index in [4.69, 9.17) is 0 Å². The van der Waals surface area contributed by atoms with Gasteiger partial charge in [0.25, 0.3) is 0 Å². The number of aryl methyl sites for hydroxylation is 1. The van der Waals surface area contributed by atoms with Gasteiger partial charge in [0.2, 0.25) is 11.8 Å². The van der Waals surface area contributed by atoms with Crippen LogP contribution in [-0.4, -0.2) is 29.8 Å². The summed E-state index contributed by atoms with van der Waals surface area (Å²) in [6, 6.07) is 18.3. The third-order valence-corrected chi connectivity index (χ3v) is 5.44. The Labute approximate surface area is 161 Å². The van der Waals surface area contributed by atoms with Gasteiger partial charge in [-0.3, -0.25) is 9.59 Å². The van der Waals surface area contributed by atoms with E-state index in [9.17, 15) is 9.59 Å². The maximum atomic E-state index is 12.9. The Kier molecular flexibility index (Phi) is 5.94. The first-order valence-electron chi connectivity index (χ1n) is 9.61. The van der Waals surface area contributed by atoms with Crippen molar-refractivity contribution in [3.8, 4) is 0 Å². The SMILES string of the molecule is CC(=O)N1C[C@H](C(=O)N[C@H](C)c2ccccc2)C[C@H](c2cccc(C)c2)C1. The molecule has 1 aliphatic heterocycles. The van der Waals surface area contributed by atoms with Crippen LogP contribution in [0.25, 0.3) is 0 Å².